The molecule has 1 atom stereocenters. The first-order chi connectivity index (χ1) is 12.7. The molecule has 1 unspecified atom stereocenters. The third-order valence-electron chi connectivity index (χ3n) is 4.99. The molecular weight excluding hydrogens is 332 g/mol. The number of hydrogen-bond donors (Lipinski definition) is 1. The first kappa shape index (κ1) is 18.5. The van der Waals surface area contributed by atoms with Gasteiger partial charge in [-0.3, -0.25) is 9.59 Å². The third kappa shape index (κ3) is 4.48. The second-order valence-electron chi connectivity index (χ2n) is 7.00. The van der Waals surface area contributed by atoms with Crippen LogP contribution < -0.4 is 19.7 Å². The quantitative estimate of drug-likeness (QED) is 0.687. The number of benzene rings is 1. The van der Waals surface area contributed by atoms with Crippen LogP contribution in [0.3, 0.4) is 0 Å². The minimum Gasteiger partial charge on any atom is -0.454 e. The van der Waals surface area contributed by atoms with Crippen LogP contribution in [-0.2, 0) is 9.59 Å². The summed E-state index contributed by atoms with van der Waals surface area (Å²) in [4.78, 5) is 26.4. The molecule has 6 heteroatoms. The van der Waals surface area contributed by atoms with Crippen molar-refractivity contribution in [1.82, 2.24) is 5.32 Å². The number of rotatable bonds is 9. The Morgan fingerprint density at radius 2 is 1.92 bits per heavy atom. The van der Waals surface area contributed by atoms with Crippen molar-refractivity contribution < 1.29 is 19.1 Å². The molecule has 3 rings (SSSR count). The predicted molar refractivity (Wildman–Crippen MR) is 99.4 cm³/mol. The molecule has 0 bridgehead atoms. The highest BCUT2D eigenvalue weighted by Gasteiger charge is 2.35. The van der Waals surface area contributed by atoms with Crippen LogP contribution in [-0.4, -0.2) is 31.7 Å². The highest BCUT2D eigenvalue weighted by atomic mass is 16.7. The highest BCUT2D eigenvalue weighted by Crippen LogP contribution is 2.37. The lowest BCUT2D eigenvalue weighted by Crippen LogP contribution is -2.33. The standard InChI is InChI=1S/C20H28N2O4/c1-2-3-4-5-6-7-10-21-20(24)15-11-19(23)22(13-15)16-8-9-17-18(12-16)26-14-25-17/h8-9,12,15H,2-7,10-11,13-14H2,1H3,(H,21,24). The number of fused-ring (bicyclic) bond motifs is 1. The van der Waals surface area contributed by atoms with Crippen molar-refractivity contribution in [3.05, 3.63) is 18.2 Å². The molecule has 0 aromatic heterocycles. The molecule has 1 N–H and O–H groups in total. The molecule has 0 aliphatic carbocycles. The van der Waals surface area contributed by atoms with Crippen molar-refractivity contribution in [2.24, 2.45) is 5.92 Å². The van der Waals surface area contributed by atoms with Gasteiger partial charge in [0.15, 0.2) is 11.5 Å². The van der Waals surface area contributed by atoms with E-state index in [1.54, 1.807) is 17.0 Å². The van der Waals surface area contributed by atoms with Gasteiger partial charge in [0.25, 0.3) is 0 Å². The van der Waals surface area contributed by atoms with E-state index in [0.29, 0.717) is 24.6 Å². The lowest BCUT2D eigenvalue weighted by Gasteiger charge is -2.17. The predicted octanol–water partition coefficient (Wildman–Crippen LogP) is 3.24. The van der Waals surface area contributed by atoms with Crippen molar-refractivity contribution in [3.8, 4) is 11.5 Å². The largest absolute Gasteiger partial charge is 0.454 e. The Balaban J connectivity index is 1.44. The van der Waals surface area contributed by atoms with E-state index in [9.17, 15) is 9.59 Å². The zero-order valence-electron chi connectivity index (χ0n) is 15.5. The summed E-state index contributed by atoms with van der Waals surface area (Å²) in [5, 5.41) is 2.99. The van der Waals surface area contributed by atoms with Crippen molar-refractivity contribution in [2.45, 2.75) is 51.9 Å². The Labute approximate surface area is 154 Å². The maximum absolute atomic E-state index is 12.4. The number of amides is 2. The number of ether oxygens (including phenoxy) is 2. The lowest BCUT2D eigenvalue weighted by atomic mass is 10.1. The van der Waals surface area contributed by atoms with Crippen molar-refractivity contribution in [2.75, 3.05) is 24.8 Å². The summed E-state index contributed by atoms with van der Waals surface area (Å²) < 4.78 is 10.7. The number of anilines is 1. The monoisotopic (exact) mass is 360 g/mol. The molecule has 142 valence electrons. The van der Waals surface area contributed by atoms with E-state index in [1.165, 1.54) is 25.7 Å². The van der Waals surface area contributed by atoms with Gasteiger partial charge in [0.2, 0.25) is 18.6 Å². The molecule has 1 aromatic carbocycles. The van der Waals surface area contributed by atoms with Gasteiger partial charge in [-0.2, -0.15) is 0 Å². The van der Waals surface area contributed by atoms with Gasteiger partial charge in [-0.1, -0.05) is 39.0 Å². The molecule has 0 saturated carbocycles. The SMILES string of the molecule is CCCCCCCCNC(=O)C1CC(=O)N(c2ccc3c(c2)OCO3)C1. The number of hydrogen-bond acceptors (Lipinski definition) is 4. The number of carbonyl (C=O) groups is 2. The van der Waals surface area contributed by atoms with Crippen molar-refractivity contribution in [3.63, 3.8) is 0 Å². The summed E-state index contributed by atoms with van der Waals surface area (Å²) in [6.45, 7) is 3.52. The maximum Gasteiger partial charge on any atom is 0.231 e. The van der Waals surface area contributed by atoms with Crippen LogP contribution in [0.25, 0.3) is 0 Å². The fourth-order valence-corrected chi connectivity index (χ4v) is 3.45. The van der Waals surface area contributed by atoms with Gasteiger partial charge >= 0.3 is 0 Å². The summed E-state index contributed by atoms with van der Waals surface area (Å²) >= 11 is 0. The summed E-state index contributed by atoms with van der Waals surface area (Å²) in [6, 6.07) is 5.44. The first-order valence-electron chi connectivity index (χ1n) is 9.66. The molecule has 0 spiro atoms. The van der Waals surface area contributed by atoms with Crippen LogP contribution in [0.5, 0.6) is 11.5 Å². The summed E-state index contributed by atoms with van der Waals surface area (Å²) in [6.07, 6.45) is 7.43. The molecule has 1 aromatic rings. The Morgan fingerprint density at radius 3 is 2.77 bits per heavy atom. The van der Waals surface area contributed by atoms with Gasteiger partial charge in [-0.15, -0.1) is 0 Å². The summed E-state index contributed by atoms with van der Waals surface area (Å²) in [7, 11) is 0. The molecule has 26 heavy (non-hydrogen) atoms. The Kier molecular flexibility index (Phi) is 6.36. The average Bonchev–Trinajstić information content (AvgIpc) is 3.26. The molecule has 2 heterocycles. The van der Waals surface area contributed by atoms with Crippen LogP contribution in [0.2, 0.25) is 0 Å². The topological polar surface area (TPSA) is 67.9 Å². The van der Waals surface area contributed by atoms with Crippen LogP contribution in [0.15, 0.2) is 18.2 Å². The van der Waals surface area contributed by atoms with Gasteiger partial charge in [0.05, 0.1) is 5.92 Å². The first-order valence-corrected chi connectivity index (χ1v) is 9.66. The Bertz CT molecular complexity index is 647. The Morgan fingerprint density at radius 1 is 1.15 bits per heavy atom. The molecule has 6 nitrogen and oxygen atoms in total. The summed E-state index contributed by atoms with van der Waals surface area (Å²) in [5.74, 6) is 1.01. The van der Waals surface area contributed by atoms with Gasteiger partial charge in [-0.25, -0.2) is 0 Å². The van der Waals surface area contributed by atoms with Crippen LogP contribution in [0.1, 0.15) is 51.9 Å². The molecule has 1 fully saturated rings. The maximum atomic E-state index is 12.4. The fraction of sp³-hybridized carbons (Fsp3) is 0.600. The number of carbonyl (C=O) groups excluding carboxylic acids is 2. The zero-order chi connectivity index (χ0) is 18.4. The summed E-state index contributed by atoms with van der Waals surface area (Å²) in [5.41, 5.74) is 0.755. The second kappa shape index (κ2) is 8.92. The fourth-order valence-electron chi connectivity index (χ4n) is 3.45. The molecule has 2 amide bonds. The van der Waals surface area contributed by atoms with Gasteiger partial charge in [0, 0.05) is 31.3 Å². The van der Waals surface area contributed by atoms with Gasteiger partial charge in [-0.05, 0) is 18.6 Å². The van der Waals surface area contributed by atoms with Crippen LogP contribution >= 0.6 is 0 Å². The van der Waals surface area contributed by atoms with E-state index in [2.05, 4.69) is 12.2 Å². The molecule has 0 radical (unpaired) electrons. The van der Waals surface area contributed by atoms with E-state index in [4.69, 9.17) is 9.47 Å². The van der Waals surface area contributed by atoms with E-state index in [-0.39, 0.29) is 30.9 Å². The molecule has 1 saturated heterocycles. The number of unbranched alkanes of at least 4 members (excludes halogenated alkanes) is 5. The lowest BCUT2D eigenvalue weighted by molar-refractivity contribution is -0.126. The highest BCUT2D eigenvalue weighted by molar-refractivity contribution is 6.00. The molecule has 2 aliphatic rings. The third-order valence-corrected chi connectivity index (χ3v) is 4.99. The second-order valence-corrected chi connectivity index (χ2v) is 7.00. The molecule has 2 aliphatic heterocycles. The van der Waals surface area contributed by atoms with Crippen molar-refractivity contribution >= 4 is 17.5 Å². The van der Waals surface area contributed by atoms with Crippen molar-refractivity contribution in [1.29, 1.82) is 0 Å². The van der Waals surface area contributed by atoms with Crippen LogP contribution in [0, 0.1) is 5.92 Å². The van der Waals surface area contributed by atoms with E-state index in [1.807, 2.05) is 6.07 Å². The minimum absolute atomic E-state index is 0.0184. The van der Waals surface area contributed by atoms with E-state index >= 15 is 0 Å². The Hall–Kier alpha value is -2.24. The average molecular weight is 360 g/mol. The van der Waals surface area contributed by atoms with Gasteiger partial charge < -0.3 is 19.7 Å². The van der Waals surface area contributed by atoms with E-state index < -0.39 is 0 Å². The zero-order valence-corrected chi connectivity index (χ0v) is 15.5. The normalized spacial score (nSPS) is 18.4. The minimum atomic E-state index is -0.284. The molecular formula is C20H28N2O4. The number of nitrogens with zero attached hydrogens (tertiary/aromatic N) is 1. The van der Waals surface area contributed by atoms with Crippen LogP contribution in [0.4, 0.5) is 5.69 Å². The number of nitrogens with one attached hydrogen (secondary N) is 1. The smallest absolute Gasteiger partial charge is 0.231 e. The van der Waals surface area contributed by atoms with Gasteiger partial charge in [0.1, 0.15) is 0 Å². The van der Waals surface area contributed by atoms with E-state index in [0.717, 1.165) is 18.5 Å².